The molecule has 1 aromatic rings. The summed E-state index contributed by atoms with van der Waals surface area (Å²) in [6.45, 7) is 4.38. The molecule has 0 spiro atoms. The lowest BCUT2D eigenvalue weighted by molar-refractivity contribution is 0.708. The van der Waals surface area contributed by atoms with E-state index in [0.29, 0.717) is 5.92 Å². The van der Waals surface area contributed by atoms with Gasteiger partial charge in [0.2, 0.25) is 0 Å². The zero-order valence-electron chi connectivity index (χ0n) is 6.54. The van der Waals surface area contributed by atoms with Crippen molar-refractivity contribution in [3.05, 3.63) is 30.1 Å². The third-order valence-corrected chi connectivity index (χ3v) is 1.81. The summed E-state index contributed by atoms with van der Waals surface area (Å²) >= 11 is 0. The molecule has 0 N–H and O–H groups in total. The summed E-state index contributed by atoms with van der Waals surface area (Å²) in [5.74, 6) is 0.598. The Bertz CT molecular complexity index is 181. The normalized spacial score (nSPS) is 13.0. The topological polar surface area (TPSA) is 12.9 Å². The molecule has 1 heterocycles. The van der Waals surface area contributed by atoms with Gasteiger partial charge in [0.1, 0.15) is 0 Å². The Hall–Kier alpha value is -0.850. The highest BCUT2D eigenvalue weighted by Gasteiger charge is 2.00. The molecule has 0 aromatic carbocycles. The smallest absolute Gasteiger partial charge is 0.0431 e. The van der Waals surface area contributed by atoms with Crippen molar-refractivity contribution in [2.24, 2.45) is 0 Å². The number of hydrogen-bond donors (Lipinski definition) is 0. The summed E-state index contributed by atoms with van der Waals surface area (Å²) in [5.41, 5.74) is 1.20. The second-order valence-electron chi connectivity index (χ2n) is 2.56. The SMILES string of the molecule is CC[C@H](C)c1ccccn1. The molecule has 1 nitrogen and oxygen atoms in total. The molecule has 0 aliphatic carbocycles. The van der Waals surface area contributed by atoms with Gasteiger partial charge in [0, 0.05) is 11.9 Å². The number of aromatic nitrogens is 1. The van der Waals surface area contributed by atoms with Gasteiger partial charge in [0.15, 0.2) is 0 Å². The van der Waals surface area contributed by atoms with Crippen LogP contribution >= 0.6 is 0 Å². The second kappa shape index (κ2) is 3.35. The highest BCUT2D eigenvalue weighted by Crippen LogP contribution is 2.14. The van der Waals surface area contributed by atoms with Gasteiger partial charge in [-0.05, 0) is 24.5 Å². The molecule has 0 unspecified atom stereocenters. The number of pyridine rings is 1. The van der Waals surface area contributed by atoms with Crippen molar-refractivity contribution >= 4 is 0 Å². The van der Waals surface area contributed by atoms with Crippen LogP contribution in [0, 0.1) is 0 Å². The van der Waals surface area contributed by atoms with Crippen LogP contribution in [0.3, 0.4) is 0 Å². The van der Waals surface area contributed by atoms with Crippen molar-refractivity contribution in [3.8, 4) is 0 Å². The molecular formula is C9H13N. The van der Waals surface area contributed by atoms with Crippen LogP contribution in [0.25, 0.3) is 0 Å². The third kappa shape index (κ3) is 1.56. The predicted molar refractivity (Wildman–Crippen MR) is 42.9 cm³/mol. The van der Waals surface area contributed by atoms with Gasteiger partial charge in [0.25, 0.3) is 0 Å². The summed E-state index contributed by atoms with van der Waals surface area (Å²) in [6, 6.07) is 6.06. The molecule has 54 valence electrons. The first-order valence-electron chi connectivity index (χ1n) is 3.75. The molecule has 0 saturated carbocycles. The van der Waals surface area contributed by atoms with Crippen LogP contribution in [-0.4, -0.2) is 4.98 Å². The Balaban J connectivity index is 2.75. The fourth-order valence-corrected chi connectivity index (χ4v) is 0.877. The zero-order chi connectivity index (χ0) is 7.40. The molecule has 10 heavy (non-hydrogen) atoms. The van der Waals surface area contributed by atoms with Gasteiger partial charge in [-0.1, -0.05) is 19.9 Å². The Morgan fingerprint density at radius 2 is 2.30 bits per heavy atom. The lowest BCUT2D eigenvalue weighted by Gasteiger charge is -2.05. The van der Waals surface area contributed by atoms with Crippen LogP contribution in [0.1, 0.15) is 31.9 Å². The minimum atomic E-state index is 0.598. The largest absolute Gasteiger partial charge is 0.261 e. The summed E-state index contributed by atoms with van der Waals surface area (Å²) < 4.78 is 0. The van der Waals surface area contributed by atoms with E-state index in [0.717, 1.165) is 6.42 Å². The van der Waals surface area contributed by atoms with E-state index >= 15 is 0 Å². The molecule has 0 fully saturated rings. The summed E-state index contributed by atoms with van der Waals surface area (Å²) in [4.78, 5) is 4.25. The molecule has 1 atom stereocenters. The van der Waals surface area contributed by atoms with Gasteiger partial charge < -0.3 is 0 Å². The van der Waals surface area contributed by atoms with E-state index in [4.69, 9.17) is 0 Å². The maximum Gasteiger partial charge on any atom is 0.0431 e. The van der Waals surface area contributed by atoms with Crippen molar-refractivity contribution in [1.29, 1.82) is 0 Å². The van der Waals surface area contributed by atoms with Crippen LogP contribution in [-0.2, 0) is 0 Å². The highest BCUT2D eigenvalue weighted by molar-refractivity contribution is 5.07. The first-order chi connectivity index (χ1) is 4.84. The molecule has 1 aromatic heterocycles. The molecular weight excluding hydrogens is 122 g/mol. The average Bonchev–Trinajstić information content (AvgIpc) is 2.05. The molecule has 0 amide bonds. The van der Waals surface area contributed by atoms with E-state index in [2.05, 4.69) is 24.9 Å². The fraction of sp³-hybridized carbons (Fsp3) is 0.444. The number of nitrogens with zero attached hydrogens (tertiary/aromatic N) is 1. The van der Waals surface area contributed by atoms with Gasteiger partial charge in [-0.15, -0.1) is 0 Å². The zero-order valence-corrected chi connectivity index (χ0v) is 6.54. The Labute approximate surface area is 62.1 Å². The van der Waals surface area contributed by atoms with Gasteiger partial charge in [-0.3, -0.25) is 4.98 Å². The molecule has 0 aliphatic rings. The third-order valence-electron chi connectivity index (χ3n) is 1.81. The van der Waals surface area contributed by atoms with Crippen molar-refractivity contribution in [2.45, 2.75) is 26.2 Å². The van der Waals surface area contributed by atoms with Gasteiger partial charge in [-0.2, -0.15) is 0 Å². The Morgan fingerprint density at radius 1 is 1.50 bits per heavy atom. The average molecular weight is 135 g/mol. The van der Waals surface area contributed by atoms with Crippen LogP contribution in [0.2, 0.25) is 0 Å². The molecule has 0 aliphatic heterocycles. The molecule has 0 radical (unpaired) electrons. The predicted octanol–water partition coefficient (Wildman–Crippen LogP) is 2.60. The van der Waals surface area contributed by atoms with E-state index in [1.54, 1.807) is 0 Å². The van der Waals surface area contributed by atoms with Crippen LogP contribution in [0.4, 0.5) is 0 Å². The summed E-state index contributed by atoms with van der Waals surface area (Å²) in [7, 11) is 0. The van der Waals surface area contributed by atoms with Crippen molar-refractivity contribution in [1.82, 2.24) is 4.98 Å². The highest BCUT2D eigenvalue weighted by atomic mass is 14.7. The molecule has 1 rings (SSSR count). The van der Waals surface area contributed by atoms with Crippen molar-refractivity contribution in [3.63, 3.8) is 0 Å². The van der Waals surface area contributed by atoms with E-state index in [9.17, 15) is 0 Å². The van der Waals surface area contributed by atoms with E-state index < -0.39 is 0 Å². The van der Waals surface area contributed by atoms with Gasteiger partial charge in [0.05, 0.1) is 0 Å². The molecule has 0 saturated heterocycles. The number of rotatable bonds is 2. The summed E-state index contributed by atoms with van der Waals surface area (Å²) in [5, 5.41) is 0. The standard InChI is InChI=1S/C9H13N/c1-3-8(2)9-6-4-5-7-10-9/h4-8H,3H2,1-2H3/t8-/m0/s1. The quantitative estimate of drug-likeness (QED) is 0.607. The maximum absolute atomic E-state index is 4.25. The monoisotopic (exact) mass is 135 g/mol. The molecule has 1 heteroatoms. The van der Waals surface area contributed by atoms with Gasteiger partial charge >= 0.3 is 0 Å². The lowest BCUT2D eigenvalue weighted by Crippen LogP contribution is -1.93. The molecule has 0 bridgehead atoms. The van der Waals surface area contributed by atoms with E-state index in [-0.39, 0.29) is 0 Å². The Morgan fingerprint density at radius 3 is 2.80 bits per heavy atom. The van der Waals surface area contributed by atoms with Crippen molar-refractivity contribution in [2.75, 3.05) is 0 Å². The van der Waals surface area contributed by atoms with E-state index in [1.165, 1.54) is 5.69 Å². The second-order valence-corrected chi connectivity index (χ2v) is 2.56. The van der Waals surface area contributed by atoms with Crippen LogP contribution in [0.15, 0.2) is 24.4 Å². The maximum atomic E-state index is 4.25. The summed E-state index contributed by atoms with van der Waals surface area (Å²) in [6.07, 6.45) is 3.01. The number of hydrogen-bond acceptors (Lipinski definition) is 1. The fourth-order valence-electron chi connectivity index (χ4n) is 0.877. The van der Waals surface area contributed by atoms with E-state index in [1.807, 2.05) is 18.3 Å². The first kappa shape index (κ1) is 7.26. The van der Waals surface area contributed by atoms with Crippen molar-refractivity contribution < 1.29 is 0 Å². The minimum Gasteiger partial charge on any atom is -0.261 e. The Kier molecular flexibility index (Phi) is 2.43. The minimum absolute atomic E-state index is 0.598. The van der Waals surface area contributed by atoms with Crippen LogP contribution < -0.4 is 0 Å². The lowest BCUT2D eigenvalue weighted by atomic mass is 10.1. The first-order valence-corrected chi connectivity index (χ1v) is 3.75. The van der Waals surface area contributed by atoms with Gasteiger partial charge in [-0.25, -0.2) is 0 Å². The van der Waals surface area contributed by atoms with Crippen LogP contribution in [0.5, 0.6) is 0 Å².